The van der Waals surface area contributed by atoms with Crippen molar-refractivity contribution >= 4 is 21.6 Å². The van der Waals surface area contributed by atoms with Crippen LogP contribution in [0.3, 0.4) is 0 Å². The van der Waals surface area contributed by atoms with Crippen molar-refractivity contribution in [3.05, 3.63) is 53.8 Å². The molecule has 0 atom stereocenters. The van der Waals surface area contributed by atoms with Crippen LogP contribution in [-0.2, 0) is 21.2 Å². The van der Waals surface area contributed by atoms with Gasteiger partial charge in [-0.2, -0.15) is 13.2 Å². The van der Waals surface area contributed by atoms with Crippen LogP contribution in [0, 0.1) is 5.82 Å². The predicted molar refractivity (Wildman–Crippen MR) is 93.0 cm³/mol. The van der Waals surface area contributed by atoms with E-state index in [0.717, 1.165) is 12.1 Å². The number of methoxy groups -OCH3 is 1. The highest BCUT2D eigenvalue weighted by Gasteiger charge is 2.27. The van der Waals surface area contributed by atoms with Crippen LogP contribution in [0.2, 0.25) is 0 Å². The topological polar surface area (TPSA) is 84.5 Å². The molecule has 0 unspecified atom stereocenters. The van der Waals surface area contributed by atoms with Crippen molar-refractivity contribution in [3.63, 3.8) is 0 Å². The van der Waals surface area contributed by atoms with Gasteiger partial charge in [0, 0.05) is 5.69 Å². The van der Waals surface area contributed by atoms with Gasteiger partial charge < -0.3 is 10.1 Å². The SMILES string of the molecule is COc1ccc(F)cc1S(=O)(=O)Nc1ccc(CC(=O)NCC(F)(F)F)cc1. The fraction of sp³-hybridized carbons (Fsp3) is 0.235. The molecule has 152 valence electrons. The van der Waals surface area contributed by atoms with Crippen molar-refractivity contribution in [1.82, 2.24) is 5.32 Å². The molecule has 1 amide bonds. The monoisotopic (exact) mass is 420 g/mol. The van der Waals surface area contributed by atoms with E-state index in [2.05, 4.69) is 4.72 Å². The third-order valence-electron chi connectivity index (χ3n) is 3.47. The van der Waals surface area contributed by atoms with Gasteiger partial charge in [-0.1, -0.05) is 12.1 Å². The molecule has 28 heavy (non-hydrogen) atoms. The third-order valence-corrected chi connectivity index (χ3v) is 4.87. The fourth-order valence-electron chi connectivity index (χ4n) is 2.21. The van der Waals surface area contributed by atoms with Gasteiger partial charge in [-0.05, 0) is 35.9 Å². The second-order valence-electron chi connectivity index (χ2n) is 5.67. The second kappa shape index (κ2) is 8.46. The summed E-state index contributed by atoms with van der Waals surface area (Å²) < 4.78 is 81.7. The number of alkyl halides is 3. The summed E-state index contributed by atoms with van der Waals surface area (Å²) in [6.45, 7) is -1.43. The van der Waals surface area contributed by atoms with Gasteiger partial charge in [0.15, 0.2) is 0 Å². The number of ether oxygens (including phenoxy) is 1. The molecule has 6 nitrogen and oxygen atoms in total. The number of sulfonamides is 1. The number of hydrogen-bond donors (Lipinski definition) is 2. The Bertz CT molecular complexity index is 945. The molecule has 0 bridgehead atoms. The molecule has 2 aromatic rings. The van der Waals surface area contributed by atoms with Gasteiger partial charge in [0.05, 0.1) is 13.5 Å². The van der Waals surface area contributed by atoms with Crippen LogP contribution in [0.15, 0.2) is 47.4 Å². The van der Waals surface area contributed by atoms with Crippen molar-refractivity contribution in [3.8, 4) is 5.75 Å². The van der Waals surface area contributed by atoms with Gasteiger partial charge in [-0.3, -0.25) is 9.52 Å². The normalized spacial score (nSPS) is 11.8. The number of carbonyl (C=O) groups is 1. The van der Waals surface area contributed by atoms with Gasteiger partial charge >= 0.3 is 6.18 Å². The van der Waals surface area contributed by atoms with E-state index >= 15 is 0 Å². The Balaban J connectivity index is 2.08. The van der Waals surface area contributed by atoms with Gasteiger partial charge in [-0.25, -0.2) is 12.8 Å². The molecular weight excluding hydrogens is 404 g/mol. The van der Waals surface area contributed by atoms with Gasteiger partial charge in [0.2, 0.25) is 5.91 Å². The summed E-state index contributed by atoms with van der Waals surface area (Å²) in [5.41, 5.74) is 0.497. The van der Waals surface area contributed by atoms with E-state index in [-0.39, 0.29) is 17.9 Å². The summed E-state index contributed by atoms with van der Waals surface area (Å²) >= 11 is 0. The van der Waals surface area contributed by atoms with Crippen LogP contribution in [-0.4, -0.2) is 34.2 Å². The molecule has 0 aliphatic carbocycles. The zero-order valence-corrected chi connectivity index (χ0v) is 15.3. The van der Waals surface area contributed by atoms with Crippen LogP contribution in [0.4, 0.5) is 23.2 Å². The Hall–Kier alpha value is -2.82. The zero-order valence-electron chi connectivity index (χ0n) is 14.5. The standard InChI is InChI=1S/C17H16F4N2O4S/c1-27-14-7-4-12(18)9-15(14)28(25,26)23-13-5-2-11(3-6-13)8-16(24)22-10-17(19,20)21/h2-7,9,23H,8,10H2,1H3,(H,22,24). The number of carbonyl (C=O) groups excluding carboxylic acids is 1. The lowest BCUT2D eigenvalue weighted by Crippen LogP contribution is -2.34. The number of benzene rings is 2. The molecule has 0 heterocycles. The first kappa shape index (κ1) is 21.5. The Morgan fingerprint density at radius 2 is 1.75 bits per heavy atom. The summed E-state index contributed by atoms with van der Waals surface area (Å²) in [6.07, 6.45) is -4.81. The molecule has 0 aliphatic rings. The average molecular weight is 420 g/mol. The van der Waals surface area contributed by atoms with E-state index in [1.165, 1.54) is 37.4 Å². The highest BCUT2D eigenvalue weighted by Crippen LogP contribution is 2.26. The predicted octanol–water partition coefficient (Wildman–Crippen LogP) is 2.86. The maximum absolute atomic E-state index is 13.4. The lowest BCUT2D eigenvalue weighted by molar-refractivity contribution is -0.138. The van der Waals surface area contributed by atoms with Crippen LogP contribution in [0.25, 0.3) is 0 Å². The molecule has 0 fully saturated rings. The quantitative estimate of drug-likeness (QED) is 0.675. The van der Waals surface area contributed by atoms with Crippen LogP contribution in [0.1, 0.15) is 5.56 Å². The molecule has 0 saturated heterocycles. The summed E-state index contributed by atoms with van der Waals surface area (Å²) in [5.74, 6) is -1.64. The summed E-state index contributed by atoms with van der Waals surface area (Å²) in [7, 11) is -2.92. The lowest BCUT2D eigenvalue weighted by Gasteiger charge is -2.12. The Morgan fingerprint density at radius 3 is 2.32 bits per heavy atom. The van der Waals surface area contributed by atoms with Gasteiger partial charge in [-0.15, -0.1) is 0 Å². The van der Waals surface area contributed by atoms with Gasteiger partial charge in [0.1, 0.15) is 23.0 Å². The van der Waals surface area contributed by atoms with Crippen molar-refractivity contribution in [2.45, 2.75) is 17.5 Å². The third kappa shape index (κ3) is 6.12. The Labute approximate surface area is 158 Å². The zero-order chi connectivity index (χ0) is 20.9. The number of anilines is 1. The smallest absolute Gasteiger partial charge is 0.405 e. The number of rotatable bonds is 7. The average Bonchev–Trinajstić information content (AvgIpc) is 2.61. The Kier molecular flexibility index (Phi) is 6.49. The maximum Gasteiger partial charge on any atom is 0.405 e. The summed E-state index contributed by atoms with van der Waals surface area (Å²) in [4.78, 5) is 11.1. The van der Waals surface area contributed by atoms with E-state index in [1.807, 2.05) is 0 Å². The second-order valence-corrected chi connectivity index (χ2v) is 7.32. The number of hydrogen-bond acceptors (Lipinski definition) is 4. The Morgan fingerprint density at radius 1 is 1.11 bits per heavy atom. The van der Waals surface area contributed by atoms with Crippen LogP contribution < -0.4 is 14.8 Å². The first-order valence-corrected chi connectivity index (χ1v) is 9.27. The largest absolute Gasteiger partial charge is 0.495 e. The van der Waals surface area contributed by atoms with Crippen LogP contribution in [0.5, 0.6) is 5.75 Å². The highest BCUT2D eigenvalue weighted by atomic mass is 32.2. The molecule has 0 spiro atoms. The van der Waals surface area contributed by atoms with E-state index < -0.39 is 39.4 Å². The molecule has 2 rings (SSSR count). The van der Waals surface area contributed by atoms with Crippen molar-refractivity contribution < 1.29 is 35.5 Å². The molecule has 0 aromatic heterocycles. The minimum atomic E-state index is -4.50. The number of amides is 1. The molecule has 11 heteroatoms. The van der Waals surface area contributed by atoms with Crippen molar-refractivity contribution in [1.29, 1.82) is 0 Å². The first-order chi connectivity index (χ1) is 13.0. The van der Waals surface area contributed by atoms with E-state index in [9.17, 15) is 30.8 Å². The minimum absolute atomic E-state index is 0.0492. The summed E-state index contributed by atoms with van der Waals surface area (Å²) in [6, 6.07) is 8.45. The number of halogens is 4. The van der Waals surface area contributed by atoms with E-state index in [0.29, 0.717) is 5.56 Å². The fourth-order valence-corrected chi connectivity index (χ4v) is 3.45. The molecule has 2 N–H and O–H groups in total. The first-order valence-electron chi connectivity index (χ1n) is 7.79. The van der Waals surface area contributed by atoms with Gasteiger partial charge in [0.25, 0.3) is 10.0 Å². The molecule has 0 saturated carbocycles. The molecular formula is C17H16F4N2O4S. The van der Waals surface area contributed by atoms with Crippen molar-refractivity contribution in [2.24, 2.45) is 0 Å². The summed E-state index contributed by atoms with van der Waals surface area (Å²) in [5, 5.41) is 1.74. The number of nitrogens with one attached hydrogen (secondary N) is 2. The lowest BCUT2D eigenvalue weighted by atomic mass is 10.1. The maximum atomic E-state index is 13.4. The molecule has 2 aromatic carbocycles. The van der Waals surface area contributed by atoms with Crippen molar-refractivity contribution in [2.75, 3.05) is 18.4 Å². The molecule has 0 radical (unpaired) electrons. The van der Waals surface area contributed by atoms with E-state index in [4.69, 9.17) is 4.74 Å². The van der Waals surface area contributed by atoms with E-state index in [1.54, 1.807) is 5.32 Å². The minimum Gasteiger partial charge on any atom is -0.495 e. The molecule has 0 aliphatic heterocycles. The highest BCUT2D eigenvalue weighted by molar-refractivity contribution is 7.92. The van der Waals surface area contributed by atoms with Crippen LogP contribution >= 0.6 is 0 Å².